The van der Waals surface area contributed by atoms with Gasteiger partial charge in [0.15, 0.2) is 0 Å². The van der Waals surface area contributed by atoms with Crippen LogP contribution < -0.4 is 22.1 Å². The van der Waals surface area contributed by atoms with E-state index in [4.69, 9.17) is 11.5 Å². The minimum Gasteiger partial charge on any atom is -0.329 e. The summed E-state index contributed by atoms with van der Waals surface area (Å²) in [6.45, 7) is 3.25. The first kappa shape index (κ1) is 26.3. The molecule has 1 aromatic heterocycles. The fourth-order valence-corrected chi connectivity index (χ4v) is 3.99. The molecular weight excluding hydrogens is 631 g/mol. The van der Waals surface area contributed by atoms with Crippen LogP contribution in [0.25, 0.3) is 10.8 Å². The first-order valence-corrected chi connectivity index (χ1v) is 10.8. The minimum atomic E-state index is -0.532. The Balaban J connectivity index is 0.000000378. The van der Waals surface area contributed by atoms with Gasteiger partial charge in [0, 0.05) is 92.7 Å². The number of carbonyl (C=O) groups is 4. The molecule has 0 atom stereocenters. The zero-order valence-electron chi connectivity index (χ0n) is 18.7. The second-order valence-corrected chi connectivity index (χ2v) is 7.73. The molecule has 3 heterocycles. The van der Waals surface area contributed by atoms with Gasteiger partial charge in [-0.25, -0.2) is 0 Å². The third-order valence-electron chi connectivity index (χ3n) is 5.56. The van der Waals surface area contributed by atoms with Gasteiger partial charge in [-0.1, -0.05) is 0 Å². The molecule has 0 spiro atoms. The molecule has 11 heteroatoms. The van der Waals surface area contributed by atoms with E-state index in [1.54, 1.807) is 24.5 Å². The molecule has 2 aromatic carbocycles. The Bertz CT molecular complexity index is 1230. The molecule has 0 aliphatic carbocycles. The predicted octanol–water partition coefficient (Wildman–Crippen LogP) is 0.406. The van der Waals surface area contributed by atoms with E-state index in [1.807, 2.05) is 0 Å². The number of hydrogen-bond donors (Lipinski definition) is 4. The third-order valence-corrected chi connectivity index (χ3v) is 5.56. The van der Waals surface area contributed by atoms with E-state index < -0.39 is 23.6 Å². The number of imide groups is 2. The molecule has 0 saturated heterocycles. The summed E-state index contributed by atoms with van der Waals surface area (Å²) >= 11 is 0. The van der Waals surface area contributed by atoms with E-state index in [2.05, 4.69) is 15.6 Å². The SMILES string of the molecule is NCCNCCN.O=C1NC(=O)c2ccc3c4c(ccc1c24)C(=O)N(Cc1ccncc1)C3=O.[Pt]. The molecule has 2 aliphatic rings. The Labute approximate surface area is 215 Å². The average molecular weight is 656 g/mol. The molecule has 0 bridgehead atoms. The molecule has 0 unspecified atom stereocenters. The van der Waals surface area contributed by atoms with Gasteiger partial charge in [-0.3, -0.25) is 34.4 Å². The van der Waals surface area contributed by atoms with Crippen LogP contribution in [-0.2, 0) is 27.6 Å². The van der Waals surface area contributed by atoms with Gasteiger partial charge in [0.1, 0.15) is 0 Å². The topological polar surface area (TPSA) is 161 Å². The normalized spacial score (nSPS) is 13.7. The molecule has 6 N–H and O–H groups in total. The first-order chi connectivity index (χ1) is 16.5. The number of nitrogens with one attached hydrogen (secondary N) is 2. The summed E-state index contributed by atoms with van der Waals surface area (Å²) in [5, 5.41) is 6.04. The molecule has 184 valence electrons. The Kier molecular flexibility index (Phi) is 8.58. The van der Waals surface area contributed by atoms with Gasteiger partial charge in [-0.05, 0) is 42.0 Å². The summed E-state index contributed by atoms with van der Waals surface area (Å²) in [5.74, 6) is -1.97. The number of pyridine rings is 1. The number of nitrogens with two attached hydrogens (primary N) is 2. The largest absolute Gasteiger partial charge is 0.329 e. The predicted molar refractivity (Wildman–Crippen MR) is 125 cm³/mol. The first-order valence-electron chi connectivity index (χ1n) is 10.8. The molecule has 0 radical (unpaired) electrons. The fourth-order valence-electron chi connectivity index (χ4n) is 3.99. The van der Waals surface area contributed by atoms with E-state index in [0.717, 1.165) is 18.7 Å². The number of carbonyl (C=O) groups excluding carboxylic acids is 4. The van der Waals surface area contributed by atoms with E-state index >= 15 is 0 Å². The smallest absolute Gasteiger partial charge is 0.261 e. The van der Waals surface area contributed by atoms with Crippen molar-refractivity contribution in [2.75, 3.05) is 26.2 Å². The Morgan fingerprint density at radius 3 is 1.69 bits per heavy atom. The van der Waals surface area contributed by atoms with Crippen molar-refractivity contribution in [1.29, 1.82) is 0 Å². The van der Waals surface area contributed by atoms with E-state index in [0.29, 0.717) is 35.0 Å². The summed E-state index contributed by atoms with van der Waals surface area (Å²) in [7, 11) is 0. The van der Waals surface area contributed by atoms with Crippen molar-refractivity contribution >= 4 is 34.4 Å². The Morgan fingerprint density at radius 2 is 1.20 bits per heavy atom. The Hall–Kier alpha value is -3.30. The van der Waals surface area contributed by atoms with Gasteiger partial charge >= 0.3 is 0 Å². The number of nitrogens with zero attached hydrogens (tertiary/aromatic N) is 2. The summed E-state index contributed by atoms with van der Waals surface area (Å²) in [4.78, 5) is 55.5. The van der Waals surface area contributed by atoms with Crippen molar-refractivity contribution in [2.24, 2.45) is 11.5 Å². The maximum Gasteiger partial charge on any atom is 0.261 e. The van der Waals surface area contributed by atoms with Gasteiger partial charge in [-0.15, -0.1) is 0 Å². The maximum atomic E-state index is 13.0. The van der Waals surface area contributed by atoms with Crippen LogP contribution in [0, 0.1) is 0 Å². The summed E-state index contributed by atoms with van der Waals surface area (Å²) < 4.78 is 0. The van der Waals surface area contributed by atoms with Crippen LogP contribution in [0.3, 0.4) is 0 Å². The van der Waals surface area contributed by atoms with Crippen molar-refractivity contribution < 1.29 is 40.2 Å². The van der Waals surface area contributed by atoms with Crippen molar-refractivity contribution in [3.05, 3.63) is 76.6 Å². The van der Waals surface area contributed by atoms with Crippen LogP contribution in [0.5, 0.6) is 0 Å². The summed E-state index contributed by atoms with van der Waals surface area (Å²) in [5.41, 5.74) is 12.3. The van der Waals surface area contributed by atoms with E-state index in [9.17, 15) is 19.2 Å². The quantitative estimate of drug-likeness (QED) is 0.220. The standard InChI is InChI=1S/C20H11N3O4.C4H13N3.Pt/c24-17-11-1-3-13-16-14(4-2-12(15(11)16)18(25)22-17)20(27)23(19(13)26)9-10-5-7-21-8-6-10;5-1-3-7-4-2-6;/h1-8H,9H2,(H,22,24,25);7H,1-6H2;. The van der Waals surface area contributed by atoms with Crippen molar-refractivity contribution in [3.63, 3.8) is 0 Å². The second kappa shape index (κ2) is 11.4. The van der Waals surface area contributed by atoms with Crippen molar-refractivity contribution in [1.82, 2.24) is 20.5 Å². The summed E-state index contributed by atoms with van der Waals surface area (Å²) in [6, 6.07) is 9.58. The van der Waals surface area contributed by atoms with Crippen molar-refractivity contribution in [2.45, 2.75) is 6.54 Å². The van der Waals surface area contributed by atoms with Crippen LogP contribution in [0.2, 0.25) is 0 Å². The van der Waals surface area contributed by atoms with Crippen LogP contribution in [-0.4, -0.2) is 59.7 Å². The number of hydrogen-bond acceptors (Lipinski definition) is 8. The molecule has 5 rings (SSSR count). The zero-order valence-corrected chi connectivity index (χ0v) is 20.9. The van der Waals surface area contributed by atoms with E-state index in [-0.39, 0.29) is 38.7 Å². The van der Waals surface area contributed by atoms with Crippen LogP contribution in [0.4, 0.5) is 0 Å². The number of aromatic nitrogens is 1. The maximum absolute atomic E-state index is 13.0. The molecule has 4 amide bonds. The molecule has 3 aromatic rings. The zero-order chi connectivity index (χ0) is 24.2. The molecule has 10 nitrogen and oxygen atoms in total. The second-order valence-electron chi connectivity index (χ2n) is 7.73. The molecule has 0 saturated carbocycles. The van der Waals surface area contributed by atoms with Crippen LogP contribution in [0.15, 0.2) is 48.8 Å². The van der Waals surface area contributed by atoms with Crippen LogP contribution >= 0.6 is 0 Å². The average Bonchev–Trinajstić information content (AvgIpc) is 2.85. The van der Waals surface area contributed by atoms with Gasteiger partial charge in [0.2, 0.25) is 0 Å². The molecule has 2 aliphatic heterocycles. The van der Waals surface area contributed by atoms with Gasteiger partial charge in [0.05, 0.1) is 6.54 Å². The molecular formula is C24H24N6O4Pt. The fraction of sp³-hybridized carbons (Fsp3) is 0.208. The van der Waals surface area contributed by atoms with Gasteiger partial charge in [0.25, 0.3) is 23.6 Å². The van der Waals surface area contributed by atoms with Crippen LogP contribution in [0.1, 0.15) is 47.0 Å². The van der Waals surface area contributed by atoms with Gasteiger partial charge < -0.3 is 16.8 Å². The Morgan fingerprint density at radius 1 is 0.743 bits per heavy atom. The monoisotopic (exact) mass is 655 g/mol. The number of amides is 4. The third kappa shape index (κ3) is 5.06. The minimum absolute atomic E-state index is 0. The van der Waals surface area contributed by atoms with Crippen molar-refractivity contribution in [3.8, 4) is 0 Å². The number of benzene rings is 2. The molecule has 35 heavy (non-hydrogen) atoms. The van der Waals surface area contributed by atoms with Gasteiger partial charge in [-0.2, -0.15) is 0 Å². The van der Waals surface area contributed by atoms with E-state index in [1.165, 1.54) is 29.2 Å². The summed E-state index contributed by atoms with van der Waals surface area (Å²) in [6.07, 6.45) is 3.19. The number of rotatable bonds is 6. The molecule has 0 fully saturated rings.